The second-order valence-corrected chi connectivity index (χ2v) is 12.8. The molecule has 0 aromatic rings. The van der Waals surface area contributed by atoms with Crippen molar-refractivity contribution < 1.29 is 9.53 Å². The molecule has 0 spiro atoms. The summed E-state index contributed by atoms with van der Waals surface area (Å²) in [5.41, 5.74) is 2.48. The summed E-state index contributed by atoms with van der Waals surface area (Å²) in [5, 5.41) is 2.62. The monoisotopic (exact) mass is 443 g/mol. The fourth-order valence-corrected chi connectivity index (χ4v) is 8.96. The fraction of sp³-hybridized carbons (Fsp3) is 0.897. The predicted octanol–water partition coefficient (Wildman–Crippen LogP) is 7.75. The van der Waals surface area contributed by atoms with Gasteiger partial charge in [0.1, 0.15) is 6.10 Å². The summed E-state index contributed by atoms with van der Waals surface area (Å²) in [6, 6.07) is 0. The molecular formula is C29H49NO2. The van der Waals surface area contributed by atoms with E-state index >= 15 is 0 Å². The number of carbonyl (C=O) groups excluding carboxylic acids is 1. The average molecular weight is 444 g/mol. The number of alkyl carbamates (subject to hydrolysis) is 1. The van der Waals surface area contributed by atoms with Crippen LogP contribution in [0, 0.1) is 46.3 Å². The fourth-order valence-electron chi connectivity index (χ4n) is 8.96. The van der Waals surface area contributed by atoms with E-state index in [1.165, 1.54) is 57.8 Å². The van der Waals surface area contributed by atoms with Crippen LogP contribution < -0.4 is 5.32 Å². The predicted molar refractivity (Wildman–Crippen MR) is 132 cm³/mol. The summed E-state index contributed by atoms with van der Waals surface area (Å²) >= 11 is 0. The van der Waals surface area contributed by atoms with Gasteiger partial charge in [-0.2, -0.15) is 0 Å². The lowest BCUT2D eigenvalue weighted by Crippen LogP contribution is -2.51. The molecule has 1 unspecified atom stereocenters. The molecule has 3 heteroatoms. The molecule has 3 saturated carbocycles. The lowest BCUT2D eigenvalue weighted by molar-refractivity contribution is -0.0580. The zero-order valence-corrected chi connectivity index (χ0v) is 21.7. The standard InChI is InChI=1S/C29H49NO2/c1-19(2)8-7-9-20(3)24-12-13-25-23-11-10-21-18-22(32-27(31)30-6)14-16-28(21,4)26(23)15-17-29(24,25)5/h10,19-20,22-26H,7-9,11-18H2,1-6H3,(H,30,31)/t20-,22?,23+,24-,25+,26+,28+,29-/m0/s1. The van der Waals surface area contributed by atoms with E-state index in [1.54, 1.807) is 12.6 Å². The number of amides is 1. The highest BCUT2D eigenvalue weighted by atomic mass is 16.6. The molecule has 0 radical (unpaired) electrons. The second kappa shape index (κ2) is 9.34. The van der Waals surface area contributed by atoms with E-state index in [1.807, 2.05) is 0 Å². The molecule has 0 aliphatic heterocycles. The first kappa shape index (κ1) is 24.1. The lowest BCUT2D eigenvalue weighted by Gasteiger charge is -2.58. The van der Waals surface area contributed by atoms with Crippen LogP contribution in [-0.4, -0.2) is 19.2 Å². The van der Waals surface area contributed by atoms with Gasteiger partial charge in [0, 0.05) is 13.5 Å². The van der Waals surface area contributed by atoms with Crippen molar-refractivity contribution in [2.45, 2.75) is 111 Å². The minimum atomic E-state index is -0.277. The number of rotatable bonds is 6. The number of hydrogen-bond donors (Lipinski definition) is 1. The van der Waals surface area contributed by atoms with Crippen LogP contribution in [0.1, 0.15) is 105 Å². The lowest BCUT2D eigenvalue weighted by atomic mass is 9.47. The Morgan fingerprint density at radius 3 is 2.59 bits per heavy atom. The highest BCUT2D eigenvalue weighted by molar-refractivity contribution is 5.66. The van der Waals surface area contributed by atoms with Crippen LogP contribution in [0.4, 0.5) is 4.79 Å². The average Bonchev–Trinajstić information content (AvgIpc) is 3.11. The van der Waals surface area contributed by atoms with E-state index in [2.05, 4.69) is 46.0 Å². The van der Waals surface area contributed by atoms with Crippen LogP contribution in [0.2, 0.25) is 0 Å². The summed E-state index contributed by atoms with van der Waals surface area (Å²) in [5.74, 6) is 5.25. The quantitative estimate of drug-likeness (QED) is 0.426. The molecule has 3 fully saturated rings. The topological polar surface area (TPSA) is 38.3 Å². The first-order valence-electron chi connectivity index (χ1n) is 13.8. The van der Waals surface area contributed by atoms with E-state index in [0.29, 0.717) is 10.8 Å². The second-order valence-electron chi connectivity index (χ2n) is 12.8. The number of allylic oxidation sites excluding steroid dienone is 1. The van der Waals surface area contributed by atoms with Crippen molar-refractivity contribution in [2.24, 2.45) is 46.3 Å². The van der Waals surface area contributed by atoms with Crippen molar-refractivity contribution >= 4 is 6.09 Å². The normalized spacial score (nSPS) is 41.8. The van der Waals surface area contributed by atoms with Crippen molar-refractivity contribution in [3.05, 3.63) is 11.6 Å². The Bertz CT molecular complexity index is 714. The van der Waals surface area contributed by atoms with Gasteiger partial charge in [-0.1, -0.05) is 65.5 Å². The molecule has 1 amide bonds. The number of carbonyl (C=O) groups is 1. The summed E-state index contributed by atoms with van der Waals surface area (Å²) in [7, 11) is 1.65. The highest BCUT2D eigenvalue weighted by Gasteiger charge is 2.59. The molecule has 0 aromatic carbocycles. The Balaban J connectivity index is 1.45. The third-order valence-corrected chi connectivity index (χ3v) is 10.7. The molecule has 4 aliphatic carbocycles. The molecule has 0 bridgehead atoms. The molecule has 0 heterocycles. The van der Waals surface area contributed by atoms with Crippen molar-refractivity contribution in [1.29, 1.82) is 0 Å². The maximum Gasteiger partial charge on any atom is 0.407 e. The molecule has 1 N–H and O–H groups in total. The summed E-state index contributed by atoms with van der Waals surface area (Å²) in [6.07, 6.45) is 16.7. The van der Waals surface area contributed by atoms with E-state index in [0.717, 1.165) is 48.3 Å². The Morgan fingerprint density at radius 2 is 1.88 bits per heavy atom. The Morgan fingerprint density at radius 1 is 1.09 bits per heavy atom. The van der Waals surface area contributed by atoms with Gasteiger partial charge < -0.3 is 10.1 Å². The third-order valence-electron chi connectivity index (χ3n) is 10.7. The number of fused-ring (bicyclic) bond motifs is 5. The van der Waals surface area contributed by atoms with Gasteiger partial charge in [0.2, 0.25) is 0 Å². The highest BCUT2D eigenvalue weighted by Crippen LogP contribution is 2.67. The molecule has 32 heavy (non-hydrogen) atoms. The smallest absolute Gasteiger partial charge is 0.407 e. The first-order valence-corrected chi connectivity index (χ1v) is 13.8. The third kappa shape index (κ3) is 4.27. The maximum absolute atomic E-state index is 11.7. The molecule has 0 saturated heterocycles. The van der Waals surface area contributed by atoms with Crippen molar-refractivity contribution in [1.82, 2.24) is 5.32 Å². The minimum Gasteiger partial charge on any atom is -0.446 e. The van der Waals surface area contributed by atoms with Crippen LogP contribution >= 0.6 is 0 Å². The number of hydrogen-bond acceptors (Lipinski definition) is 2. The largest absolute Gasteiger partial charge is 0.446 e. The van der Waals surface area contributed by atoms with Gasteiger partial charge in [0.25, 0.3) is 0 Å². The molecule has 4 rings (SSSR count). The molecular weight excluding hydrogens is 394 g/mol. The molecule has 8 atom stereocenters. The molecule has 4 aliphatic rings. The Kier molecular flexibility index (Phi) is 7.04. The van der Waals surface area contributed by atoms with Crippen molar-refractivity contribution in [3.8, 4) is 0 Å². The SMILES string of the molecule is CNC(=O)OC1CC[C@]2(C)C(=CC[C@@H]3[C@H]4CC[C@@H]([C@@H](C)CCCC(C)C)[C@]4(C)CC[C@H]32)C1. The zero-order valence-electron chi connectivity index (χ0n) is 21.7. The van der Waals surface area contributed by atoms with E-state index in [9.17, 15) is 4.79 Å². The maximum atomic E-state index is 11.7. The Hall–Kier alpha value is -0.990. The summed E-state index contributed by atoms with van der Waals surface area (Å²) in [4.78, 5) is 11.7. The van der Waals surface area contributed by atoms with E-state index < -0.39 is 0 Å². The number of ether oxygens (including phenoxy) is 1. The van der Waals surface area contributed by atoms with Gasteiger partial charge >= 0.3 is 6.09 Å². The van der Waals surface area contributed by atoms with Crippen molar-refractivity contribution in [3.63, 3.8) is 0 Å². The van der Waals surface area contributed by atoms with Crippen molar-refractivity contribution in [2.75, 3.05) is 7.05 Å². The van der Waals surface area contributed by atoms with Crippen LogP contribution in [-0.2, 0) is 4.74 Å². The number of nitrogens with one attached hydrogen (secondary N) is 1. The first-order chi connectivity index (χ1) is 15.2. The van der Waals surface area contributed by atoms with Gasteiger partial charge in [-0.25, -0.2) is 4.79 Å². The zero-order chi connectivity index (χ0) is 23.1. The minimum absolute atomic E-state index is 0.0576. The van der Waals surface area contributed by atoms with Crippen LogP contribution in [0.3, 0.4) is 0 Å². The van der Waals surface area contributed by atoms with Crippen LogP contribution in [0.5, 0.6) is 0 Å². The molecule has 182 valence electrons. The van der Waals surface area contributed by atoms with Crippen LogP contribution in [0.25, 0.3) is 0 Å². The van der Waals surface area contributed by atoms with Crippen LogP contribution in [0.15, 0.2) is 11.6 Å². The van der Waals surface area contributed by atoms with E-state index in [-0.39, 0.29) is 12.2 Å². The molecule has 0 aromatic heterocycles. The van der Waals surface area contributed by atoms with E-state index in [4.69, 9.17) is 4.74 Å². The van der Waals surface area contributed by atoms with Gasteiger partial charge in [-0.3, -0.25) is 0 Å². The van der Waals surface area contributed by atoms with Gasteiger partial charge in [-0.15, -0.1) is 0 Å². The summed E-state index contributed by atoms with van der Waals surface area (Å²) < 4.78 is 5.65. The van der Waals surface area contributed by atoms with Gasteiger partial charge in [-0.05, 0) is 91.3 Å². The molecule has 3 nitrogen and oxygen atoms in total. The van der Waals surface area contributed by atoms with Gasteiger partial charge in [0.05, 0.1) is 0 Å². The Labute approximate surface area is 197 Å². The summed E-state index contributed by atoms with van der Waals surface area (Å²) in [6.45, 7) is 12.5. The van der Waals surface area contributed by atoms with Gasteiger partial charge in [0.15, 0.2) is 0 Å².